The van der Waals surface area contributed by atoms with Gasteiger partial charge in [-0.1, -0.05) is 15.9 Å². The molecule has 18 heavy (non-hydrogen) atoms. The molecule has 1 saturated heterocycles. The van der Waals surface area contributed by atoms with Crippen LogP contribution in [-0.4, -0.2) is 33.0 Å². The molecule has 0 bridgehead atoms. The normalized spacial score (nSPS) is 20.6. The first-order valence-electron chi connectivity index (χ1n) is 6.40. The van der Waals surface area contributed by atoms with Crippen molar-refractivity contribution in [1.29, 1.82) is 0 Å². The molecular weight excluding hydrogens is 292 g/mol. The van der Waals surface area contributed by atoms with Crippen LogP contribution in [0.1, 0.15) is 18.5 Å². The van der Waals surface area contributed by atoms with Crippen molar-refractivity contribution in [3.63, 3.8) is 0 Å². The molecule has 1 fully saturated rings. The van der Waals surface area contributed by atoms with Crippen LogP contribution < -0.4 is 4.90 Å². The summed E-state index contributed by atoms with van der Waals surface area (Å²) in [6, 6.07) is 2.11. The second kappa shape index (κ2) is 4.88. The standard InChI is InChI=1S/C13H17BrN4/c1-10-7-12-13(15-4-6-18(12)16-10)17-5-2-3-11(8-14)9-17/h4,6-7,11H,2-3,5,8-9H2,1H3. The van der Waals surface area contributed by atoms with E-state index in [0.717, 1.165) is 41.4 Å². The van der Waals surface area contributed by atoms with Gasteiger partial charge < -0.3 is 4.90 Å². The van der Waals surface area contributed by atoms with E-state index < -0.39 is 0 Å². The minimum atomic E-state index is 0.727. The zero-order valence-corrected chi connectivity index (χ0v) is 12.1. The molecule has 0 N–H and O–H groups in total. The molecule has 5 heteroatoms. The average molecular weight is 309 g/mol. The lowest BCUT2D eigenvalue weighted by Gasteiger charge is -2.32. The lowest BCUT2D eigenvalue weighted by atomic mass is 10.0. The van der Waals surface area contributed by atoms with Gasteiger partial charge in [0, 0.05) is 30.8 Å². The van der Waals surface area contributed by atoms with Gasteiger partial charge in [0.15, 0.2) is 5.82 Å². The van der Waals surface area contributed by atoms with Crippen LogP contribution in [0, 0.1) is 12.8 Å². The van der Waals surface area contributed by atoms with Gasteiger partial charge in [-0.05, 0) is 31.7 Å². The van der Waals surface area contributed by atoms with Crippen LogP contribution in [0.15, 0.2) is 18.5 Å². The highest BCUT2D eigenvalue weighted by Crippen LogP contribution is 2.26. The van der Waals surface area contributed by atoms with Gasteiger partial charge in [-0.3, -0.25) is 0 Å². The fourth-order valence-corrected chi connectivity index (χ4v) is 3.19. The van der Waals surface area contributed by atoms with Crippen molar-refractivity contribution in [2.24, 2.45) is 5.92 Å². The SMILES string of the molecule is Cc1cc2c(N3CCCC(CBr)C3)nccn2n1. The first-order chi connectivity index (χ1) is 8.78. The van der Waals surface area contributed by atoms with Crippen molar-refractivity contribution in [3.8, 4) is 0 Å². The van der Waals surface area contributed by atoms with Crippen molar-refractivity contribution >= 4 is 27.3 Å². The topological polar surface area (TPSA) is 33.4 Å². The molecule has 2 aromatic heterocycles. The molecule has 1 unspecified atom stereocenters. The highest BCUT2D eigenvalue weighted by Gasteiger charge is 2.21. The summed E-state index contributed by atoms with van der Waals surface area (Å²) in [5, 5.41) is 5.52. The summed E-state index contributed by atoms with van der Waals surface area (Å²) in [7, 11) is 0. The van der Waals surface area contributed by atoms with Crippen LogP contribution in [0.4, 0.5) is 5.82 Å². The number of hydrogen-bond acceptors (Lipinski definition) is 3. The zero-order chi connectivity index (χ0) is 12.5. The predicted octanol–water partition coefficient (Wildman–Crippen LogP) is 2.65. The first kappa shape index (κ1) is 12.0. The summed E-state index contributed by atoms with van der Waals surface area (Å²) in [5.74, 6) is 1.80. The van der Waals surface area contributed by atoms with Crippen LogP contribution in [0.25, 0.3) is 5.52 Å². The molecule has 0 spiro atoms. The maximum Gasteiger partial charge on any atom is 0.154 e. The minimum Gasteiger partial charge on any atom is -0.355 e. The number of rotatable bonds is 2. The molecule has 1 aliphatic heterocycles. The number of alkyl halides is 1. The molecule has 1 atom stereocenters. The van der Waals surface area contributed by atoms with E-state index in [1.54, 1.807) is 0 Å². The van der Waals surface area contributed by atoms with E-state index in [2.05, 4.69) is 37.0 Å². The van der Waals surface area contributed by atoms with E-state index in [1.807, 2.05) is 23.8 Å². The van der Waals surface area contributed by atoms with Crippen LogP contribution in [0.5, 0.6) is 0 Å². The fourth-order valence-electron chi connectivity index (χ4n) is 2.66. The number of anilines is 1. The molecular formula is C13H17BrN4. The van der Waals surface area contributed by atoms with Gasteiger partial charge in [0.25, 0.3) is 0 Å². The number of halogens is 1. The number of nitrogens with zero attached hydrogens (tertiary/aromatic N) is 4. The first-order valence-corrected chi connectivity index (χ1v) is 7.52. The Morgan fingerprint density at radius 2 is 2.39 bits per heavy atom. The Morgan fingerprint density at radius 3 is 3.22 bits per heavy atom. The lowest BCUT2D eigenvalue weighted by Crippen LogP contribution is -2.36. The molecule has 2 aromatic rings. The van der Waals surface area contributed by atoms with Gasteiger partial charge in [-0.25, -0.2) is 9.50 Å². The number of hydrogen-bond donors (Lipinski definition) is 0. The van der Waals surface area contributed by atoms with Gasteiger partial charge in [0.1, 0.15) is 5.52 Å². The maximum atomic E-state index is 4.56. The quantitative estimate of drug-likeness (QED) is 0.800. The molecule has 0 saturated carbocycles. The Hall–Kier alpha value is -1.10. The lowest BCUT2D eigenvalue weighted by molar-refractivity contribution is 0.453. The fraction of sp³-hybridized carbons (Fsp3) is 0.538. The van der Waals surface area contributed by atoms with E-state index in [-0.39, 0.29) is 0 Å². The van der Waals surface area contributed by atoms with E-state index in [4.69, 9.17) is 0 Å². The molecule has 3 rings (SSSR count). The van der Waals surface area contributed by atoms with Crippen molar-refractivity contribution in [2.75, 3.05) is 23.3 Å². The van der Waals surface area contributed by atoms with E-state index in [9.17, 15) is 0 Å². The Morgan fingerprint density at radius 1 is 1.50 bits per heavy atom. The second-order valence-electron chi connectivity index (χ2n) is 4.97. The molecule has 0 amide bonds. The third kappa shape index (κ3) is 2.11. The van der Waals surface area contributed by atoms with E-state index in [1.165, 1.54) is 12.8 Å². The summed E-state index contributed by atoms with van der Waals surface area (Å²) < 4.78 is 1.93. The van der Waals surface area contributed by atoms with Crippen LogP contribution in [-0.2, 0) is 0 Å². The summed E-state index contributed by atoms with van der Waals surface area (Å²) >= 11 is 3.60. The summed E-state index contributed by atoms with van der Waals surface area (Å²) in [6.45, 7) is 4.21. The van der Waals surface area contributed by atoms with Gasteiger partial charge in [-0.15, -0.1) is 0 Å². The molecule has 0 aliphatic carbocycles. The molecule has 0 aromatic carbocycles. The Bertz CT molecular complexity index is 551. The Balaban J connectivity index is 1.98. The van der Waals surface area contributed by atoms with Gasteiger partial charge in [0.05, 0.1) is 5.69 Å². The largest absolute Gasteiger partial charge is 0.355 e. The van der Waals surface area contributed by atoms with Crippen molar-refractivity contribution in [3.05, 3.63) is 24.2 Å². The molecule has 0 radical (unpaired) electrons. The zero-order valence-electron chi connectivity index (χ0n) is 10.5. The third-order valence-electron chi connectivity index (χ3n) is 3.53. The number of aryl methyl sites for hydroxylation is 1. The molecule has 1 aliphatic rings. The molecule has 96 valence electrons. The average Bonchev–Trinajstić information content (AvgIpc) is 2.78. The van der Waals surface area contributed by atoms with Gasteiger partial charge in [0.2, 0.25) is 0 Å². The van der Waals surface area contributed by atoms with Gasteiger partial charge >= 0.3 is 0 Å². The number of piperidine rings is 1. The highest BCUT2D eigenvalue weighted by molar-refractivity contribution is 9.09. The molecule has 3 heterocycles. The van der Waals surface area contributed by atoms with Crippen molar-refractivity contribution in [1.82, 2.24) is 14.6 Å². The van der Waals surface area contributed by atoms with Crippen molar-refractivity contribution in [2.45, 2.75) is 19.8 Å². The second-order valence-corrected chi connectivity index (χ2v) is 5.62. The summed E-state index contributed by atoms with van der Waals surface area (Å²) in [6.07, 6.45) is 6.31. The predicted molar refractivity (Wildman–Crippen MR) is 76.5 cm³/mol. The Kier molecular flexibility index (Phi) is 3.24. The molecule has 4 nitrogen and oxygen atoms in total. The monoisotopic (exact) mass is 308 g/mol. The smallest absolute Gasteiger partial charge is 0.154 e. The highest BCUT2D eigenvalue weighted by atomic mass is 79.9. The van der Waals surface area contributed by atoms with Crippen LogP contribution in [0.3, 0.4) is 0 Å². The minimum absolute atomic E-state index is 0.727. The van der Waals surface area contributed by atoms with E-state index >= 15 is 0 Å². The van der Waals surface area contributed by atoms with Gasteiger partial charge in [-0.2, -0.15) is 5.10 Å². The van der Waals surface area contributed by atoms with Crippen molar-refractivity contribution < 1.29 is 0 Å². The third-order valence-corrected chi connectivity index (χ3v) is 4.44. The summed E-state index contributed by atoms with van der Waals surface area (Å²) in [4.78, 5) is 6.96. The Labute approximate surface area is 115 Å². The number of aromatic nitrogens is 3. The van der Waals surface area contributed by atoms with Crippen LogP contribution >= 0.6 is 15.9 Å². The number of fused-ring (bicyclic) bond motifs is 1. The van der Waals surface area contributed by atoms with Crippen LogP contribution in [0.2, 0.25) is 0 Å². The summed E-state index contributed by atoms with van der Waals surface area (Å²) in [5.41, 5.74) is 2.16. The van der Waals surface area contributed by atoms with E-state index in [0.29, 0.717) is 0 Å². The maximum absolute atomic E-state index is 4.56.